The molecule has 1 heterocycles. The highest BCUT2D eigenvalue weighted by molar-refractivity contribution is 7.80. The molecule has 1 aromatic carbocycles. The molecule has 18 heavy (non-hydrogen) atoms. The van der Waals surface area contributed by atoms with Crippen molar-refractivity contribution in [3.05, 3.63) is 48.3 Å². The number of ether oxygens (including phenoxy) is 1. The van der Waals surface area contributed by atoms with Gasteiger partial charge in [0.15, 0.2) is 0 Å². The van der Waals surface area contributed by atoms with E-state index >= 15 is 0 Å². The van der Waals surface area contributed by atoms with Gasteiger partial charge in [-0.25, -0.2) is 0 Å². The number of nitrogens with one attached hydrogen (secondary N) is 1. The smallest absolute Gasteiger partial charge is 0.119 e. The Morgan fingerprint density at radius 2 is 2.00 bits per heavy atom. The van der Waals surface area contributed by atoms with Crippen LogP contribution in [0.2, 0.25) is 0 Å². The highest BCUT2D eigenvalue weighted by atomic mass is 32.1. The van der Waals surface area contributed by atoms with Crippen LogP contribution in [0.5, 0.6) is 5.75 Å². The normalized spacial score (nSPS) is 9.83. The van der Waals surface area contributed by atoms with Gasteiger partial charge < -0.3 is 15.8 Å². The SMILES string of the molecule is COc1ccc(Nc2cnccc2C(N)=S)cc1. The van der Waals surface area contributed by atoms with Crippen LogP contribution in [-0.4, -0.2) is 17.1 Å². The van der Waals surface area contributed by atoms with Crippen molar-refractivity contribution in [3.63, 3.8) is 0 Å². The fourth-order valence-electron chi connectivity index (χ4n) is 1.54. The maximum Gasteiger partial charge on any atom is 0.119 e. The van der Waals surface area contributed by atoms with Crippen molar-refractivity contribution in [3.8, 4) is 5.75 Å². The van der Waals surface area contributed by atoms with Crippen molar-refractivity contribution in [1.29, 1.82) is 0 Å². The van der Waals surface area contributed by atoms with Gasteiger partial charge in [-0.2, -0.15) is 0 Å². The molecule has 1 aromatic heterocycles. The Bertz CT molecular complexity index is 554. The summed E-state index contributed by atoms with van der Waals surface area (Å²) in [5.41, 5.74) is 8.14. The van der Waals surface area contributed by atoms with Gasteiger partial charge >= 0.3 is 0 Å². The third-order valence-electron chi connectivity index (χ3n) is 2.46. The van der Waals surface area contributed by atoms with E-state index in [1.54, 1.807) is 25.6 Å². The van der Waals surface area contributed by atoms with E-state index in [-0.39, 0.29) is 0 Å². The van der Waals surface area contributed by atoms with Crippen molar-refractivity contribution in [2.24, 2.45) is 5.73 Å². The molecule has 5 heteroatoms. The third kappa shape index (κ3) is 2.75. The van der Waals surface area contributed by atoms with Gasteiger partial charge in [0, 0.05) is 17.4 Å². The summed E-state index contributed by atoms with van der Waals surface area (Å²) in [5.74, 6) is 0.807. The quantitative estimate of drug-likeness (QED) is 0.826. The molecule has 0 saturated carbocycles. The summed E-state index contributed by atoms with van der Waals surface area (Å²) >= 11 is 5.00. The second kappa shape index (κ2) is 5.46. The zero-order valence-electron chi connectivity index (χ0n) is 9.88. The molecule has 2 rings (SSSR count). The summed E-state index contributed by atoms with van der Waals surface area (Å²) in [6, 6.07) is 9.36. The number of benzene rings is 1. The predicted molar refractivity (Wildman–Crippen MR) is 76.4 cm³/mol. The molecule has 0 unspecified atom stereocenters. The third-order valence-corrected chi connectivity index (χ3v) is 2.68. The summed E-state index contributed by atoms with van der Waals surface area (Å²) in [6.45, 7) is 0. The Morgan fingerprint density at radius 1 is 1.28 bits per heavy atom. The average Bonchev–Trinajstić information content (AvgIpc) is 2.40. The number of thiocarbonyl (C=S) groups is 1. The Labute approximate surface area is 111 Å². The van der Waals surface area contributed by atoms with Crippen LogP contribution in [0.25, 0.3) is 0 Å². The molecule has 0 saturated heterocycles. The standard InChI is InChI=1S/C13H13N3OS/c1-17-10-4-2-9(3-5-10)16-12-8-15-7-6-11(12)13(14)18/h2-8,16H,1H3,(H2,14,18). The van der Waals surface area contributed by atoms with E-state index < -0.39 is 0 Å². The van der Waals surface area contributed by atoms with Crippen LogP contribution < -0.4 is 15.8 Å². The van der Waals surface area contributed by atoms with Gasteiger partial charge in [-0.15, -0.1) is 0 Å². The summed E-state index contributed by atoms with van der Waals surface area (Å²) in [7, 11) is 1.63. The summed E-state index contributed by atoms with van der Waals surface area (Å²) in [4.78, 5) is 4.40. The largest absolute Gasteiger partial charge is 0.497 e. The molecule has 0 spiro atoms. The number of nitrogens with zero attached hydrogens (tertiary/aromatic N) is 1. The van der Waals surface area contributed by atoms with E-state index in [2.05, 4.69) is 10.3 Å². The van der Waals surface area contributed by atoms with E-state index in [0.717, 1.165) is 22.7 Å². The lowest BCUT2D eigenvalue weighted by molar-refractivity contribution is 0.415. The summed E-state index contributed by atoms with van der Waals surface area (Å²) in [6.07, 6.45) is 3.35. The van der Waals surface area contributed by atoms with Crippen LogP contribution in [0.15, 0.2) is 42.7 Å². The Balaban J connectivity index is 2.25. The number of pyridine rings is 1. The lowest BCUT2D eigenvalue weighted by Gasteiger charge is -2.10. The van der Waals surface area contributed by atoms with E-state index in [1.807, 2.05) is 24.3 Å². The molecular weight excluding hydrogens is 246 g/mol. The van der Waals surface area contributed by atoms with Crippen molar-refractivity contribution in [1.82, 2.24) is 4.98 Å². The summed E-state index contributed by atoms with van der Waals surface area (Å²) < 4.78 is 5.10. The molecule has 0 aliphatic heterocycles. The van der Waals surface area contributed by atoms with Crippen LogP contribution >= 0.6 is 12.2 Å². The lowest BCUT2D eigenvalue weighted by atomic mass is 10.2. The maximum absolute atomic E-state index is 5.66. The number of hydrogen-bond donors (Lipinski definition) is 2. The van der Waals surface area contributed by atoms with E-state index in [1.165, 1.54) is 0 Å². The molecule has 0 atom stereocenters. The number of methoxy groups -OCH3 is 1. The zero-order valence-corrected chi connectivity index (χ0v) is 10.7. The van der Waals surface area contributed by atoms with Gasteiger partial charge in [0.25, 0.3) is 0 Å². The summed E-state index contributed by atoms with van der Waals surface area (Å²) in [5, 5.41) is 3.22. The molecular formula is C13H13N3OS. The van der Waals surface area contributed by atoms with Crippen molar-refractivity contribution in [2.45, 2.75) is 0 Å². The molecule has 0 bridgehead atoms. The molecule has 3 N–H and O–H groups in total. The molecule has 0 aliphatic rings. The molecule has 0 amide bonds. The number of hydrogen-bond acceptors (Lipinski definition) is 4. The lowest BCUT2D eigenvalue weighted by Crippen LogP contribution is -2.12. The first-order chi connectivity index (χ1) is 8.70. The Kier molecular flexibility index (Phi) is 3.74. The van der Waals surface area contributed by atoms with Crippen LogP contribution in [-0.2, 0) is 0 Å². The number of rotatable bonds is 4. The van der Waals surface area contributed by atoms with Gasteiger partial charge in [-0.05, 0) is 30.3 Å². The van der Waals surface area contributed by atoms with Crippen molar-refractivity contribution < 1.29 is 4.74 Å². The van der Waals surface area contributed by atoms with Crippen molar-refractivity contribution in [2.75, 3.05) is 12.4 Å². The van der Waals surface area contributed by atoms with Crippen LogP contribution in [0.4, 0.5) is 11.4 Å². The minimum atomic E-state index is 0.341. The minimum absolute atomic E-state index is 0.341. The van der Waals surface area contributed by atoms with Crippen LogP contribution in [0.3, 0.4) is 0 Å². The Hall–Kier alpha value is -2.14. The van der Waals surface area contributed by atoms with Gasteiger partial charge in [0.1, 0.15) is 10.7 Å². The minimum Gasteiger partial charge on any atom is -0.497 e. The van der Waals surface area contributed by atoms with E-state index in [9.17, 15) is 0 Å². The second-order valence-electron chi connectivity index (χ2n) is 3.64. The predicted octanol–water partition coefficient (Wildman–Crippen LogP) is 2.47. The topological polar surface area (TPSA) is 60.2 Å². The zero-order chi connectivity index (χ0) is 13.0. The number of nitrogens with two attached hydrogens (primary N) is 1. The van der Waals surface area contributed by atoms with Crippen LogP contribution in [0.1, 0.15) is 5.56 Å². The highest BCUT2D eigenvalue weighted by Crippen LogP contribution is 2.21. The van der Waals surface area contributed by atoms with Crippen LogP contribution in [0, 0.1) is 0 Å². The number of anilines is 2. The maximum atomic E-state index is 5.66. The Morgan fingerprint density at radius 3 is 2.61 bits per heavy atom. The molecule has 2 aromatic rings. The molecule has 0 radical (unpaired) electrons. The monoisotopic (exact) mass is 259 g/mol. The first-order valence-corrected chi connectivity index (χ1v) is 5.76. The van der Waals surface area contributed by atoms with Crippen molar-refractivity contribution >= 4 is 28.6 Å². The van der Waals surface area contributed by atoms with E-state index in [4.69, 9.17) is 22.7 Å². The molecule has 4 nitrogen and oxygen atoms in total. The van der Waals surface area contributed by atoms with Gasteiger partial charge in [0.05, 0.1) is 19.0 Å². The highest BCUT2D eigenvalue weighted by Gasteiger charge is 2.05. The average molecular weight is 259 g/mol. The van der Waals surface area contributed by atoms with Gasteiger partial charge in [-0.3, -0.25) is 4.98 Å². The molecule has 0 fully saturated rings. The van der Waals surface area contributed by atoms with E-state index in [0.29, 0.717) is 4.99 Å². The molecule has 0 aliphatic carbocycles. The second-order valence-corrected chi connectivity index (χ2v) is 4.08. The van der Waals surface area contributed by atoms with Gasteiger partial charge in [0.2, 0.25) is 0 Å². The fraction of sp³-hybridized carbons (Fsp3) is 0.0769. The fourth-order valence-corrected chi connectivity index (χ4v) is 1.72. The first-order valence-electron chi connectivity index (χ1n) is 5.35. The first kappa shape index (κ1) is 12.3. The number of aromatic nitrogens is 1. The van der Waals surface area contributed by atoms with Gasteiger partial charge in [-0.1, -0.05) is 12.2 Å². The molecule has 92 valence electrons.